The predicted octanol–water partition coefficient (Wildman–Crippen LogP) is 3.51. The van der Waals surface area contributed by atoms with Gasteiger partial charge in [0.05, 0.1) is 22.3 Å². The van der Waals surface area contributed by atoms with E-state index in [1.54, 1.807) is 23.1 Å². The van der Waals surface area contributed by atoms with Gasteiger partial charge in [0, 0.05) is 13.1 Å². The van der Waals surface area contributed by atoms with Crippen LogP contribution in [0.3, 0.4) is 0 Å². The van der Waals surface area contributed by atoms with E-state index in [4.69, 9.17) is 22.1 Å². The minimum absolute atomic E-state index is 0.169. The molecule has 0 radical (unpaired) electrons. The highest BCUT2D eigenvalue weighted by Crippen LogP contribution is 2.28. The summed E-state index contributed by atoms with van der Waals surface area (Å²) < 4.78 is 5.38. The molecule has 0 bridgehead atoms. The number of ether oxygens (including phenoxy) is 1. The average Bonchev–Trinajstić information content (AvgIpc) is 2.50. The van der Waals surface area contributed by atoms with Crippen LogP contribution in [0.5, 0.6) is 0 Å². The lowest BCUT2D eigenvalue weighted by Crippen LogP contribution is -2.45. The van der Waals surface area contributed by atoms with Gasteiger partial charge in [-0.25, -0.2) is 4.79 Å². The Kier molecular flexibility index (Phi) is 5.59. The van der Waals surface area contributed by atoms with Crippen molar-refractivity contribution in [3.63, 3.8) is 0 Å². The molecule has 24 heavy (non-hydrogen) atoms. The number of nitrogens with zero attached hydrogens (tertiary/aromatic N) is 1. The van der Waals surface area contributed by atoms with Gasteiger partial charge >= 0.3 is 6.09 Å². The molecule has 2 amide bonds. The largest absolute Gasteiger partial charge is 0.444 e. The third-order valence-electron chi connectivity index (χ3n) is 3.75. The quantitative estimate of drug-likeness (QED) is 0.797. The summed E-state index contributed by atoms with van der Waals surface area (Å²) in [6.07, 6.45) is 1.08. The molecule has 0 aliphatic carbocycles. The lowest BCUT2D eigenvalue weighted by Gasteiger charge is -2.33. The van der Waals surface area contributed by atoms with E-state index < -0.39 is 5.60 Å². The first-order valence-corrected chi connectivity index (χ1v) is 8.38. The van der Waals surface area contributed by atoms with Crippen LogP contribution in [0.25, 0.3) is 0 Å². The Morgan fingerprint density at radius 2 is 2.08 bits per heavy atom. The Balaban J connectivity index is 2.00. The molecular formula is C17H24ClN3O3. The number of likely N-dealkylation sites (tertiary alicyclic amines) is 1. The van der Waals surface area contributed by atoms with E-state index in [0.717, 1.165) is 6.42 Å². The number of para-hydroxylation sites is 1. The number of nitrogens with two attached hydrogens (primary N) is 1. The second kappa shape index (κ2) is 7.30. The van der Waals surface area contributed by atoms with Crippen molar-refractivity contribution < 1.29 is 14.3 Å². The van der Waals surface area contributed by atoms with Crippen molar-refractivity contribution >= 4 is 35.0 Å². The summed E-state index contributed by atoms with van der Waals surface area (Å²) in [7, 11) is 0. The normalized spacial score (nSPS) is 18.2. The van der Waals surface area contributed by atoms with Crippen LogP contribution >= 0.6 is 11.6 Å². The maximum atomic E-state index is 12.5. The summed E-state index contributed by atoms with van der Waals surface area (Å²) in [5.41, 5.74) is 6.15. The van der Waals surface area contributed by atoms with Gasteiger partial charge in [0.25, 0.3) is 0 Å². The molecule has 0 spiro atoms. The SMILES string of the molecule is CC(C)(C)OC(=O)N1CCC[C@@H](C(=O)Nc2cccc(Cl)c2N)C1. The van der Waals surface area contributed by atoms with Crippen LogP contribution in [0.4, 0.5) is 16.2 Å². The maximum Gasteiger partial charge on any atom is 0.410 e. The van der Waals surface area contributed by atoms with Gasteiger partial charge in [-0.1, -0.05) is 17.7 Å². The van der Waals surface area contributed by atoms with Gasteiger partial charge in [-0.05, 0) is 45.7 Å². The van der Waals surface area contributed by atoms with Gasteiger partial charge in [-0.3, -0.25) is 4.79 Å². The number of nitrogen functional groups attached to an aromatic ring is 1. The van der Waals surface area contributed by atoms with Crippen LogP contribution < -0.4 is 11.1 Å². The van der Waals surface area contributed by atoms with Crippen LogP contribution in [-0.2, 0) is 9.53 Å². The standard InChI is InChI=1S/C17H24ClN3O3/c1-17(2,3)24-16(23)21-9-5-6-11(10-21)15(22)20-13-8-4-7-12(18)14(13)19/h4,7-8,11H,5-6,9-10,19H2,1-3H3,(H,20,22)/t11-/m1/s1. The summed E-state index contributed by atoms with van der Waals surface area (Å²) in [5.74, 6) is -0.470. The molecule has 0 saturated carbocycles. The monoisotopic (exact) mass is 353 g/mol. The molecule has 6 nitrogen and oxygen atoms in total. The van der Waals surface area contributed by atoms with E-state index in [2.05, 4.69) is 5.32 Å². The molecule has 2 rings (SSSR count). The molecule has 1 fully saturated rings. The Hall–Kier alpha value is -1.95. The number of piperidine rings is 1. The lowest BCUT2D eigenvalue weighted by atomic mass is 9.97. The second-order valence-corrected chi connectivity index (χ2v) is 7.36. The predicted molar refractivity (Wildman–Crippen MR) is 95.0 cm³/mol. The van der Waals surface area contributed by atoms with Crippen LogP contribution in [0.2, 0.25) is 5.02 Å². The molecular weight excluding hydrogens is 330 g/mol. The van der Waals surface area contributed by atoms with Crippen LogP contribution in [-0.4, -0.2) is 35.6 Å². The number of carbonyl (C=O) groups excluding carboxylic acids is 2. The number of anilines is 2. The molecule has 1 heterocycles. The molecule has 1 aliphatic rings. The average molecular weight is 354 g/mol. The second-order valence-electron chi connectivity index (χ2n) is 6.96. The zero-order valence-corrected chi connectivity index (χ0v) is 15.0. The van der Waals surface area contributed by atoms with Crippen LogP contribution in [0.15, 0.2) is 18.2 Å². The van der Waals surface area contributed by atoms with E-state index in [1.807, 2.05) is 20.8 Å². The Bertz CT molecular complexity index is 628. The van der Waals surface area contributed by atoms with Gasteiger partial charge in [0.15, 0.2) is 0 Å². The Labute approximate surface area is 147 Å². The number of hydrogen-bond donors (Lipinski definition) is 2. The number of nitrogens with one attached hydrogen (secondary N) is 1. The molecule has 3 N–H and O–H groups in total. The van der Waals surface area contributed by atoms with Crippen molar-refractivity contribution in [2.24, 2.45) is 5.92 Å². The summed E-state index contributed by atoms with van der Waals surface area (Å²) >= 11 is 5.96. The van der Waals surface area contributed by atoms with E-state index in [0.29, 0.717) is 35.9 Å². The molecule has 1 aliphatic heterocycles. The van der Waals surface area contributed by atoms with Crippen molar-refractivity contribution in [3.05, 3.63) is 23.2 Å². The number of rotatable bonds is 2. The van der Waals surface area contributed by atoms with Crippen molar-refractivity contribution in [1.29, 1.82) is 0 Å². The van der Waals surface area contributed by atoms with Gasteiger partial charge in [0.1, 0.15) is 5.60 Å². The summed E-state index contributed by atoms with van der Waals surface area (Å²) in [5, 5.41) is 3.20. The number of hydrogen-bond acceptors (Lipinski definition) is 4. The fraction of sp³-hybridized carbons (Fsp3) is 0.529. The molecule has 1 atom stereocenters. The molecule has 7 heteroatoms. The van der Waals surface area contributed by atoms with Gasteiger partial charge in [-0.2, -0.15) is 0 Å². The minimum atomic E-state index is -0.554. The fourth-order valence-electron chi connectivity index (χ4n) is 2.56. The maximum absolute atomic E-state index is 12.5. The fourth-order valence-corrected chi connectivity index (χ4v) is 2.74. The van der Waals surface area contributed by atoms with E-state index in [1.165, 1.54) is 0 Å². The number of carbonyl (C=O) groups is 2. The molecule has 1 aromatic rings. The molecule has 1 saturated heterocycles. The third-order valence-corrected chi connectivity index (χ3v) is 4.08. The smallest absolute Gasteiger partial charge is 0.410 e. The highest BCUT2D eigenvalue weighted by atomic mass is 35.5. The number of halogens is 1. The third kappa shape index (κ3) is 4.77. The first-order valence-electron chi connectivity index (χ1n) is 8.00. The lowest BCUT2D eigenvalue weighted by molar-refractivity contribution is -0.121. The first kappa shape index (κ1) is 18.4. The molecule has 0 aromatic heterocycles. The summed E-state index contributed by atoms with van der Waals surface area (Å²) in [6.45, 7) is 6.39. The molecule has 0 unspecified atom stereocenters. The van der Waals surface area contributed by atoms with Crippen molar-refractivity contribution in [2.45, 2.75) is 39.2 Å². The zero-order chi connectivity index (χ0) is 17.9. The van der Waals surface area contributed by atoms with Gasteiger partial charge in [-0.15, -0.1) is 0 Å². The van der Waals surface area contributed by atoms with Crippen molar-refractivity contribution in [2.75, 3.05) is 24.1 Å². The molecule has 1 aromatic carbocycles. The topological polar surface area (TPSA) is 84.7 Å². The van der Waals surface area contributed by atoms with E-state index in [9.17, 15) is 9.59 Å². The number of benzene rings is 1. The Morgan fingerprint density at radius 3 is 2.75 bits per heavy atom. The van der Waals surface area contributed by atoms with E-state index >= 15 is 0 Å². The van der Waals surface area contributed by atoms with Crippen molar-refractivity contribution in [3.8, 4) is 0 Å². The van der Waals surface area contributed by atoms with Crippen molar-refractivity contribution in [1.82, 2.24) is 4.90 Å². The highest BCUT2D eigenvalue weighted by Gasteiger charge is 2.31. The zero-order valence-electron chi connectivity index (χ0n) is 14.3. The van der Waals surface area contributed by atoms with Crippen LogP contribution in [0, 0.1) is 5.92 Å². The minimum Gasteiger partial charge on any atom is -0.444 e. The molecule has 132 valence electrons. The first-order chi connectivity index (χ1) is 11.2. The Morgan fingerprint density at radius 1 is 1.38 bits per heavy atom. The summed E-state index contributed by atoms with van der Waals surface area (Å²) in [6, 6.07) is 5.09. The van der Waals surface area contributed by atoms with Crippen LogP contribution in [0.1, 0.15) is 33.6 Å². The van der Waals surface area contributed by atoms with Gasteiger partial charge < -0.3 is 20.7 Å². The number of amides is 2. The highest BCUT2D eigenvalue weighted by molar-refractivity contribution is 6.33. The summed E-state index contributed by atoms with van der Waals surface area (Å²) in [4.78, 5) is 26.3. The van der Waals surface area contributed by atoms with Gasteiger partial charge in [0.2, 0.25) is 5.91 Å². The van der Waals surface area contributed by atoms with E-state index in [-0.39, 0.29) is 17.9 Å².